The third-order valence-electron chi connectivity index (χ3n) is 4.47. The van der Waals surface area contributed by atoms with Gasteiger partial charge in [-0.05, 0) is 48.4 Å². The van der Waals surface area contributed by atoms with Gasteiger partial charge in [-0.1, -0.05) is 49.4 Å². The molecular weight excluding hydrogens is 364 g/mol. The van der Waals surface area contributed by atoms with E-state index < -0.39 is 0 Å². The summed E-state index contributed by atoms with van der Waals surface area (Å²) < 4.78 is 5.88. The van der Waals surface area contributed by atoms with Crippen LogP contribution >= 0.6 is 0 Å². The number of rotatable bonds is 7. The molecule has 0 heterocycles. The summed E-state index contributed by atoms with van der Waals surface area (Å²) in [5, 5.41) is 2.85. The zero-order chi connectivity index (χ0) is 20.6. The fourth-order valence-corrected chi connectivity index (χ4v) is 2.90. The fraction of sp³-hybridized carbons (Fsp3) is 0.167. The number of benzene rings is 3. The highest BCUT2D eigenvalue weighted by Crippen LogP contribution is 2.29. The lowest BCUT2D eigenvalue weighted by Gasteiger charge is -2.21. The van der Waals surface area contributed by atoms with E-state index >= 15 is 0 Å². The van der Waals surface area contributed by atoms with Gasteiger partial charge in [0.1, 0.15) is 12.3 Å². The van der Waals surface area contributed by atoms with E-state index in [-0.39, 0.29) is 18.4 Å². The molecule has 0 saturated heterocycles. The lowest BCUT2D eigenvalue weighted by atomic mass is 10.1. The third-order valence-corrected chi connectivity index (χ3v) is 4.47. The summed E-state index contributed by atoms with van der Waals surface area (Å²) in [6, 6.07) is 24.2. The van der Waals surface area contributed by atoms with E-state index in [1.165, 1.54) is 17.4 Å². The highest BCUT2D eigenvalue weighted by Gasteiger charge is 2.17. The van der Waals surface area contributed by atoms with E-state index in [2.05, 4.69) is 12.2 Å². The minimum absolute atomic E-state index is 0.0829. The van der Waals surface area contributed by atoms with Crippen LogP contribution in [0.2, 0.25) is 0 Å². The Morgan fingerprint density at radius 3 is 2.21 bits per heavy atom. The van der Waals surface area contributed by atoms with Crippen LogP contribution in [-0.4, -0.2) is 18.4 Å². The van der Waals surface area contributed by atoms with E-state index in [0.717, 1.165) is 6.42 Å². The van der Waals surface area contributed by atoms with Crippen molar-refractivity contribution in [3.8, 4) is 11.5 Å². The number of ether oxygens (including phenoxy) is 1. The predicted octanol–water partition coefficient (Wildman–Crippen LogP) is 5.03. The topological polar surface area (TPSA) is 58.6 Å². The number of anilines is 2. The van der Waals surface area contributed by atoms with Crippen LogP contribution in [0.3, 0.4) is 0 Å². The highest BCUT2D eigenvalue weighted by molar-refractivity contribution is 6.02. The summed E-state index contributed by atoms with van der Waals surface area (Å²) in [4.78, 5) is 26.2. The quantitative estimate of drug-likeness (QED) is 0.617. The Hall–Kier alpha value is -3.60. The van der Waals surface area contributed by atoms with E-state index in [1.807, 2.05) is 66.7 Å². The minimum Gasteiger partial charge on any atom is -0.455 e. The standard InChI is InChI=1S/C24H24N2O3/c1-3-19-13-15-20(16-14-19)26(18(2)27)17-24(28)25-22-11-7-8-12-23(22)29-21-9-5-4-6-10-21/h4-16H,3,17H2,1-2H3,(H,25,28). The van der Waals surface area contributed by atoms with Crippen molar-refractivity contribution in [2.75, 3.05) is 16.8 Å². The number of para-hydroxylation sites is 3. The zero-order valence-corrected chi connectivity index (χ0v) is 16.6. The molecule has 0 aliphatic rings. The van der Waals surface area contributed by atoms with E-state index in [4.69, 9.17) is 4.74 Å². The molecule has 0 aromatic heterocycles. The molecule has 2 amide bonds. The summed E-state index contributed by atoms with van der Waals surface area (Å²) in [6.07, 6.45) is 0.916. The Kier molecular flexibility index (Phi) is 6.63. The van der Waals surface area contributed by atoms with Gasteiger partial charge in [-0.3, -0.25) is 9.59 Å². The average molecular weight is 388 g/mol. The molecule has 0 fully saturated rings. The Balaban J connectivity index is 1.73. The predicted molar refractivity (Wildman–Crippen MR) is 115 cm³/mol. The van der Waals surface area contributed by atoms with Gasteiger partial charge in [0.15, 0.2) is 5.75 Å². The van der Waals surface area contributed by atoms with Crippen LogP contribution in [0, 0.1) is 0 Å². The first-order valence-corrected chi connectivity index (χ1v) is 9.55. The van der Waals surface area contributed by atoms with Gasteiger partial charge < -0.3 is 15.0 Å². The first-order valence-electron chi connectivity index (χ1n) is 9.55. The van der Waals surface area contributed by atoms with Crippen molar-refractivity contribution in [2.45, 2.75) is 20.3 Å². The molecule has 0 bridgehead atoms. The summed E-state index contributed by atoms with van der Waals surface area (Å²) in [5.41, 5.74) is 2.42. The number of hydrogen-bond donors (Lipinski definition) is 1. The molecule has 0 radical (unpaired) electrons. The molecule has 5 nitrogen and oxygen atoms in total. The Labute approximate surface area is 170 Å². The van der Waals surface area contributed by atoms with Crippen LogP contribution in [0.25, 0.3) is 0 Å². The lowest BCUT2D eigenvalue weighted by molar-refractivity contribution is -0.120. The maximum absolute atomic E-state index is 12.7. The van der Waals surface area contributed by atoms with Gasteiger partial charge in [0, 0.05) is 12.6 Å². The second-order valence-corrected chi connectivity index (χ2v) is 6.58. The minimum atomic E-state index is -0.302. The Morgan fingerprint density at radius 1 is 0.897 bits per heavy atom. The number of amides is 2. The molecule has 0 spiro atoms. The molecule has 1 N–H and O–H groups in total. The van der Waals surface area contributed by atoms with Crippen molar-refractivity contribution in [1.82, 2.24) is 0 Å². The number of aryl methyl sites for hydroxylation is 1. The van der Waals surface area contributed by atoms with Gasteiger partial charge in [0.05, 0.1) is 5.69 Å². The monoisotopic (exact) mass is 388 g/mol. The van der Waals surface area contributed by atoms with Gasteiger partial charge in [-0.15, -0.1) is 0 Å². The van der Waals surface area contributed by atoms with E-state index in [0.29, 0.717) is 22.9 Å². The largest absolute Gasteiger partial charge is 0.455 e. The number of hydrogen-bond acceptors (Lipinski definition) is 3. The van der Waals surface area contributed by atoms with E-state index in [9.17, 15) is 9.59 Å². The summed E-state index contributed by atoms with van der Waals surface area (Å²) in [6.45, 7) is 3.44. The first-order chi connectivity index (χ1) is 14.1. The molecular formula is C24H24N2O3. The summed E-state index contributed by atoms with van der Waals surface area (Å²) in [7, 11) is 0. The van der Waals surface area contributed by atoms with E-state index in [1.54, 1.807) is 12.1 Å². The van der Waals surface area contributed by atoms with Crippen molar-refractivity contribution < 1.29 is 14.3 Å². The maximum atomic E-state index is 12.7. The SMILES string of the molecule is CCc1ccc(N(CC(=O)Nc2ccccc2Oc2ccccc2)C(C)=O)cc1. The highest BCUT2D eigenvalue weighted by atomic mass is 16.5. The molecule has 0 aliphatic heterocycles. The number of nitrogens with zero attached hydrogens (tertiary/aromatic N) is 1. The van der Waals surface area contributed by atoms with Gasteiger partial charge in [-0.25, -0.2) is 0 Å². The number of carbonyl (C=O) groups is 2. The smallest absolute Gasteiger partial charge is 0.244 e. The second-order valence-electron chi connectivity index (χ2n) is 6.58. The molecule has 29 heavy (non-hydrogen) atoms. The number of nitrogens with one attached hydrogen (secondary N) is 1. The van der Waals surface area contributed by atoms with Crippen molar-refractivity contribution in [3.63, 3.8) is 0 Å². The van der Waals surface area contributed by atoms with Crippen molar-refractivity contribution >= 4 is 23.2 Å². The molecule has 5 heteroatoms. The maximum Gasteiger partial charge on any atom is 0.244 e. The Bertz CT molecular complexity index is 969. The van der Waals surface area contributed by atoms with Gasteiger partial charge in [0.25, 0.3) is 0 Å². The number of carbonyl (C=O) groups excluding carboxylic acids is 2. The normalized spacial score (nSPS) is 10.3. The first kappa shape index (κ1) is 20.1. The summed E-state index contributed by atoms with van der Waals surface area (Å²) >= 11 is 0. The Morgan fingerprint density at radius 2 is 1.55 bits per heavy atom. The molecule has 3 aromatic carbocycles. The van der Waals surface area contributed by atoms with Crippen LogP contribution in [-0.2, 0) is 16.0 Å². The lowest BCUT2D eigenvalue weighted by Crippen LogP contribution is -2.36. The van der Waals surface area contributed by atoms with Crippen LogP contribution in [0.1, 0.15) is 19.4 Å². The van der Waals surface area contributed by atoms with Gasteiger partial charge in [0.2, 0.25) is 11.8 Å². The van der Waals surface area contributed by atoms with Crippen molar-refractivity contribution in [3.05, 3.63) is 84.4 Å². The second kappa shape index (κ2) is 9.55. The molecule has 148 valence electrons. The summed E-state index contributed by atoms with van der Waals surface area (Å²) in [5.74, 6) is 0.714. The molecule has 0 aliphatic carbocycles. The molecule has 3 rings (SSSR count). The van der Waals surface area contributed by atoms with Crippen LogP contribution in [0.5, 0.6) is 11.5 Å². The molecule has 0 saturated carbocycles. The van der Waals surface area contributed by atoms with Gasteiger partial charge in [-0.2, -0.15) is 0 Å². The molecule has 0 atom stereocenters. The zero-order valence-electron chi connectivity index (χ0n) is 16.6. The van der Waals surface area contributed by atoms with Crippen molar-refractivity contribution in [2.24, 2.45) is 0 Å². The molecule has 3 aromatic rings. The average Bonchev–Trinajstić information content (AvgIpc) is 2.74. The van der Waals surface area contributed by atoms with Crippen LogP contribution in [0.4, 0.5) is 11.4 Å². The fourth-order valence-electron chi connectivity index (χ4n) is 2.90. The van der Waals surface area contributed by atoms with Gasteiger partial charge >= 0.3 is 0 Å². The van der Waals surface area contributed by atoms with Crippen LogP contribution < -0.4 is 15.0 Å². The third kappa shape index (κ3) is 5.45. The van der Waals surface area contributed by atoms with Crippen LogP contribution in [0.15, 0.2) is 78.9 Å². The molecule has 0 unspecified atom stereocenters. The van der Waals surface area contributed by atoms with Crippen molar-refractivity contribution in [1.29, 1.82) is 0 Å².